The summed E-state index contributed by atoms with van der Waals surface area (Å²) in [5.74, 6) is 0.965. The Hall–Kier alpha value is -0.890. The van der Waals surface area contributed by atoms with E-state index in [4.69, 9.17) is 0 Å². The van der Waals surface area contributed by atoms with E-state index in [1.54, 1.807) is 0 Å². The number of hydrogen-bond acceptors (Lipinski definition) is 2. The number of rotatable bonds is 5. The molecule has 1 saturated carbocycles. The predicted molar refractivity (Wildman–Crippen MR) is 58.2 cm³/mol. The molecule has 0 spiro atoms. The Labute approximate surface area is 85.7 Å². The first kappa shape index (κ1) is 9.66. The number of hydrogen-bond donors (Lipinski definition) is 1. The van der Waals surface area contributed by atoms with Gasteiger partial charge in [-0.1, -0.05) is 6.42 Å². The molecule has 2 nitrogen and oxygen atoms in total. The molecule has 14 heavy (non-hydrogen) atoms. The molecular formula is C12H18N2. The first-order chi connectivity index (χ1) is 6.95. The Morgan fingerprint density at radius 3 is 2.71 bits per heavy atom. The zero-order chi connectivity index (χ0) is 9.64. The molecular weight excluding hydrogens is 172 g/mol. The molecule has 0 unspecified atom stereocenters. The van der Waals surface area contributed by atoms with Crippen LogP contribution in [0.15, 0.2) is 24.5 Å². The lowest BCUT2D eigenvalue weighted by Gasteiger charge is -2.25. The molecule has 0 aliphatic heterocycles. The molecule has 1 N–H and O–H groups in total. The summed E-state index contributed by atoms with van der Waals surface area (Å²) in [6.07, 6.45) is 9.15. The van der Waals surface area contributed by atoms with Crippen molar-refractivity contribution in [1.82, 2.24) is 10.3 Å². The standard InChI is InChI=1S/C12H18N2/c1-2-12(3-1)10-14-9-6-11-4-7-13-8-5-11/h4-5,7-8,12,14H,1-3,6,9-10H2. The fourth-order valence-corrected chi connectivity index (χ4v) is 1.79. The summed E-state index contributed by atoms with van der Waals surface area (Å²) in [6, 6.07) is 4.18. The monoisotopic (exact) mass is 190 g/mol. The van der Waals surface area contributed by atoms with E-state index >= 15 is 0 Å². The molecule has 1 aliphatic carbocycles. The van der Waals surface area contributed by atoms with E-state index in [0.717, 1.165) is 18.9 Å². The van der Waals surface area contributed by atoms with Crippen LogP contribution in [0, 0.1) is 5.92 Å². The summed E-state index contributed by atoms with van der Waals surface area (Å²) < 4.78 is 0. The summed E-state index contributed by atoms with van der Waals surface area (Å²) >= 11 is 0. The van der Waals surface area contributed by atoms with E-state index in [-0.39, 0.29) is 0 Å². The minimum absolute atomic E-state index is 0.965. The van der Waals surface area contributed by atoms with Gasteiger partial charge in [0.25, 0.3) is 0 Å². The molecule has 2 heteroatoms. The van der Waals surface area contributed by atoms with Crippen molar-refractivity contribution >= 4 is 0 Å². The number of aromatic nitrogens is 1. The Morgan fingerprint density at radius 2 is 2.07 bits per heavy atom. The lowest BCUT2D eigenvalue weighted by Crippen LogP contribution is -2.28. The van der Waals surface area contributed by atoms with Gasteiger partial charge in [0.05, 0.1) is 0 Å². The van der Waals surface area contributed by atoms with Crippen molar-refractivity contribution in [3.05, 3.63) is 30.1 Å². The molecule has 0 saturated heterocycles. The van der Waals surface area contributed by atoms with E-state index in [1.807, 2.05) is 12.4 Å². The maximum absolute atomic E-state index is 4.00. The fraction of sp³-hybridized carbons (Fsp3) is 0.583. The first-order valence-corrected chi connectivity index (χ1v) is 5.55. The van der Waals surface area contributed by atoms with E-state index in [2.05, 4.69) is 22.4 Å². The van der Waals surface area contributed by atoms with Crippen molar-refractivity contribution in [1.29, 1.82) is 0 Å². The molecule has 1 aromatic heterocycles. The number of nitrogens with zero attached hydrogens (tertiary/aromatic N) is 1. The van der Waals surface area contributed by atoms with Gasteiger partial charge >= 0.3 is 0 Å². The van der Waals surface area contributed by atoms with Crippen LogP contribution in [0.2, 0.25) is 0 Å². The van der Waals surface area contributed by atoms with Crippen molar-refractivity contribution in [3.63, 3.8) is 0 Å². The van der Waals surface area contributed by atoms with Crippen LogP contribution in [0.1, 0.15) is 24.8 Å². The Bertz CT molecular complexity index is 254. The minimum Gasteiger partial charge on any atom is -0.316 e. The molecule has 0 aromatic carbocycles. The Morgan fingerprint density at radius 1 is 1.29 bits per heavy atom. The quantitative estimate of drug-likeness (QED) is 0.718. The van der Waals surface area contributed by atoms with Gasteiger partial charge in [-0.3, -0.25) is 4.98 Å². The van der Waals surface area contributed by atoms with E-state index < -0.39 is 0 Å². The molecule has 0 bridgehead atoms. The van der Waals surface area contributed by atoms with Gasteiger partial charge in [-0.05, 0) is 56.0 Å². The van der Waals surface area contributed by atoms with Crippen LogP contribution >= 0.6 is 0 Å². The SMILES string of the molecule is c1cc(CCNCC2CCC2)ccn1. The second kappa shape index (κ2) is 5.11. The summed E-state index contributed by atoms with van der Waals surface area (Å²) in [4.78, 5) is 4.00. The third-order valence-corrected chi connectivity index (χ3v) is 3.00. The van der Waals surface area contributed by atoms with Gasteiger partial charge in [0.1, 0.15) is 0 Å². The third-order valence-electron chi connectivity index (χ3n) is 3.00. The van der Waals surface area contributed by atoms with Crippen molar-refractivity contribution in [2.45, 2.75) is 25.7 Å². The molecule has 0 radical (unpaired) electrons. The van der Waals surface area contributed by atoms with E-state index in [0.29, 0.717) is 0 Å². The number of pyridine rings is 1. The Kier molecular flexibility index (Phi) is 3.52. The predicted octanol–water partition coefficient (Wildman–Crippen LogP) is 2.01. The van der Waals surface area contributed by atoms with Gasteiger partial charge in [-0.15, -0.1) is 0 Å². The van der Waals surface area contributed by atoms with Crippen LogP contribution in [0.5, 0.6) is 0 Å². The maximum Gasteiger partial charge on any atom is 0.0270 e. The smallest absolute Gasteiger partial charge is 0.0270 e. The summed E-state index contributed by atoms with van der Waals surface area (Å²) in [6.45, 7) is 2.31. The number of nitrogens with one attached hydrogen (secondary N) is 1. The molecule has 0 atom stereocenters. The lowest BCUT2D eigenvalue weighted by molar-refractivity contribution is 0.303. The van der Waals surface area contributed by atoms with Gasteiger partial charge in [0, 0.05) is 12.4 Å². The van der Waals surface area contributed by atoms with Crippen LogP contribution < -0.4 is 5.32 Å². The van der Waals surface area contributed by atoms with Gasteiger partial charge in [0.2, 0.25) is 0 Å². The fourth-order valence-electron chi connectivity index (χ4n) is 1.79. The average Bonchev–Trinajstić information content (AvgIpc) is 2.16. The highest BCUT2D eigenvalue weighted by molar-refractivity contribution is 5.09. The van der Waals surface area contributed by atoms with Crippen LogP contribution in [-0.2, 0) is 6.42 Å². The zero-order valence-electron chi connectivity index (χ0n) is 8.58. The molecule has 0 amide bonds. The van der Waals surface area contributed by atoms with Crippen molar-refractivity contribution in [2.75, 3.05) is 13.1 Å². The summed E-state index contributed by atoms with van der Waals surface area (Å²) in [5.41, 5.74) is 1.38. The molecule has 1 fully saturated rings. The highest BCUT2D eigenvalue weighted by Crippen LogP contribution is 2.24. The molecule has 76 valence electrons. The van der Waals surface area contributed by atoms with Crippen LogP contribution in [-0.4, -0.2) is 18.1 Å². The normalized spacial score (nSPS) is 16.6. The van der Waals surface area contributed by atoms with Crippen molar-refractivity contribution in [3.8, 4) is 0 Å². The summed E-state index contributed by atoms with van der Waals surface area (Å²) in [5, 5.41) is 3.52. The maximum atomic E-state index is 4.00. The van der Waals surface area contributed by atoms with E-state index in [9.17, 15) is 0 Å². The van der Waals surface area contributed by atoms with Crippen LogP contribution in [0.4, 0.5) is 0 Å². The van der Waals surface area contributed by atoms with Gasteiger partial charge < -0.3 is 5.32 Å². The molecule has 2 rings (SSSR count). The zero-order valence-corrected chi connectivity index (χ0v) is 8.58. The minimum atomic E-state index is 0.965. The average molecular weight is 190 g/mol. The molecule has 1 aliphatic rings. The largest absolute Gasteiger partial charge is 0.316 e. The topological polar surface area (TPSA) is 24.9 Å². The van der Waals surface area contributed by atoms with Crippen LogP contribution in [0.3, 0.4) is 0 Å². The van der Waals surface area contributed by atoms with Crippen LogP contribution in [0.25, 0.3) is 0 Å². The third kappa shape index (κ3) is 2.81. The van der Waals surface area contributed by atoms with E-state index in [1.165, 1.54) is 31.4 Å². The second-order valence-corrected chi connectivity index (χ2v) is 4.11. The van der Waals surface area contributed by atoms with Gasteiger partial charge in [-0.25, -0.2) is 0 Å². The first-order valence-electron chi connectivity index (χ1n) is 5.55. The molecule has 1 heterocycles. The molecule has 1 aromatic rings. The Balaban J connectivity index is 1.58. The highest BCUT2D eigenvalue weighted by Gasteiger charge is 2.15. The summed E-state index contributed by atoms with van der Waals surface area (Å²) in [7, 11) is 0. The van der Waals surface area contributed by atoms with Crippen molar-refractivity contribution in [2.24, 2.45) is 5.92 Å². The lowest BCUT2D eigenvalue weighted by atomic mass is 9.85. The van der Waals surface area contributed by atoms with Gasteiger partial charge in [-0.2, -0.15) is 0 Å². The van der Waals surface area contributed by atoms with Crippen molar-refractivity contribution < 1.29 is 0 Å². The second-order valence-electron chi connectivity index (χ2n) is 4.11. The highest BCUT2D eigenvalue weighted by atomic mass is 14.9. The van der Waals surface area contributed by atoms with Gasteiger partial charge in [0.15, 0.2) is 0 Å².